The number of hydrogen-bond donors (Lipinski definition) is 0. The minimum absolute atomic E-state index is 0.731. The molecule has 0 N–H and O–H groups in total. The number of nitrogens with zero attached hydrogens (tertiary/aromatic N) is 2. The third kappa shape index (κ3) is 4.24. The van der Waals surface area contributed by atoms with E-state index < -0.39 is 0 Å². The number of hydrogen-bond acceptors (Lipinski definition) is 2. The van der Waals surface area contributed by atoms with E-state index >= 15 is 0 Å². The van der Waals surface area contributed by atoms with Crippen LogP contribution in [-0.4, -0.2) is 0 Å². The molecule has 0 fully saturated rings. The summed E-state index contributed by atoms with van der Waals surface area (Å²) in [4.78, 5) is 2.26. The Morgan fingerprint density at radius 2 is 0.892 bits per heavy atom. The van der Waals surface area contributed by atoms with Crippen molar-refractivity contribution in [1.82, 2.24) is 0 Å². The maximum absolute atomic E-state index is 9.90. The van der Waals surface area contributed by atoms with Gasteiger partial charge in [-0.05, 0) is 58.3 Å². The first kappa shape index (κ1) is 22.3. The Bertz CT molecular complexity index is 1660. The van der Waals surface area contributed by atoms with Crippen LogP contribution in [0.3, 0.4) is 0 Å². The third-order valence-electron chi connectivity index (χ3n) is 6.71. The number of fused-ring (bicyclic) bond motifs is 2. The molecule has 174 valence electrons. The second kappa shape index (κ2) is 9.85. The summed E-state index contributed by atoms with van der Waals surface area (Å²) in [6.07, 6.45) is 4.33. The second-order valence-electron chi connectivity index (χ2n) is 8.92. The van der Waals surface area contributed by atoms with E-state index in [1.807, 2.05) is 48.5 Å². The van der Waals surface area contributed by atoms with Crippen LogP contribution in [0.15, 0.2) is 133 Å². The molecule has 0 aliphatic rings. The summed E-state index contributed by atoms with van der Waals surface area (Å²) in [7, 11) is 0. The molecule has 0 aromatic heterocycles. The zero-order valence-electron chi connectivity index (χ0n) is 20.3. The monoisotopic (exact) mass is 472 g/mol. The highest BCUT2D eigenvalue weighted by Crippen LogP contribution is 2.36. The van der Waals surface area contributed by atoms with E-state index in [-0.39, 0.29) is 0 Å². The molecular formula is C35H24N2. The molecule has 0 bridgehead atoms. The largest absolute Gasteiger partial charge is 0.311 e. The molecule has 0 atom stereocenters. The summed E-state index contributed by atoms with van der Waals surface area (Å²) in [5.41, 5.74) is 6.31. The van der Waals surface area contributed by atoms with Gasteiger partial charge < -0.3 is 4.90 Å². The second-order valence-corrected chi connectivity index (χ2v) is 8.92. The van der Waals surface area contributed by atoms with Crippen LogP contribution in [-0.2, 0) is 0 Å². The van der Waals surface area contributed by atoms with Crippen LogP contribution in [0.1, 0.15) is 16.7 Å². The fourth-order valence-electron chi connectivity index (χ4n) is 4.98. The van der Waals surface area contributed by atoms with Crippen LogP contribution in [0.5, 0.6) is 0 Å². The average Bonchev–Trinajstić information content (AvgIpc) is 2.97. The molecule has 0 unspecified atom stereocenters. The Morgan fingerprint density at radius 3 is 1.38 bits per heavy atom. The van der Waals surface area contributed by atoms with E-state index in [2.05, 4.69) is 108 Å². The number of para-hydroxylation sites is 2. The van der Waals surface area contributed by atoms with E-state index in [1.165, 1.54) is 0 Å². The van der Waals surface area contributed by atoms with E-state index in [9.17, 15) is 5.26 Å². The number of rotatable bonds is 5. The molecule has 0 aliphatic carbocycles. The molecule has 0 spiro atoms. The Kier molecular flexibility index (Phi) is 5.95. The lowest BCUT2D eigenvalue weighted by molar-refractivity contribution is 1.28. The Hall–Kier alpha value is -5.13. The van der Waals surface area contributed by atoms with Crippen LogP contribution in [0, 0.1) is 11.3 Å². The van der Waals surface area contributed by atoms with Gasteiger partial charge in [-0.1, -0.05) is 109 Å². The SMILES string of the molecule is N#Cc1c2ccccc2c(C=Cc2ccc(N(c3ccccc3)c3ccccc3)cc2)c2ccccc12. The van der Waals surface area contributed by atoms with E-state index in [0.29, 0.717) is 0 Å². The van der Waals surface area contributed by atoms with Crippen molar-refractivity contribution in [3.05, 3.63) is 150 Å². The predicted octanol–water partition coefficient (Wildman–Crippen LogP) is 9.50. The highest BCUT2D eigenvalue weighted by molar-refractivity contribution is 6.12. The van der Waals surface area contributed by atoms with Gasteiger partial charge in [0.15, 0.2) is 0 Å². The van der Waals surface area contributed by atoms with Crippen LogP contribution in [0.2, 0.25) is 0 Å². The Labute approximate surface area is 217 Å². The lowest BCUT2D eigenvalue weighted by Gasteiger charge is -2.25. The van der Waals surface area contributed by atoms with Crippen molar-refractivity contribution in [3.63, 3.8) is 0 Å². The topological polar surface area (TPSA) is 27.0 Å². The standard InChI is InChI=1S/C35H24N2/c36-25-35-32-17-9-7-15-30(32)34(31-16-8-10-18-33(31)35)24-21-26-19-22-29(23-20-26)37(27-11-3-1-4-12-27)28-13-5-2-6-14-28/h1-24H. The zero-order valence-corrected chi connectivity index (χ0v) is 20.3. The molecule has 0 radical (unpaired) electrons. The van der Waals surface area contributed by atoms with Crippen LogP contribution in [0.25, 0.3) is 33.7 Å². The van der Waals surface area contributed by atoms with Gasteiger partial charge in [0.25, 0.3) is 0 Å². The summed E-state index contributed by atoms with van der Waals surface area (Å²) >= 11 is 0. The molecule has 0 saturated carbocycles. The molecule has 2 heteroatoms. The summed E-state index contributed by atoms with van der Waals surface area (Å²) in [6, 6.07) is 48.2. The first-order valence-corrected chi connectivity index (χ1v) is 12.4. The minimum Gasteiger partial charge on any atom is -0.311 e. The predicted molar refractivity (Wildman–Crippen MR) is 156 cm³/mol. The number of benzene rings is 6. The van der Waals surface area contributed by atoms with Crippen molar-refractivity contribution in [1.29, 1.82) is 5.26 Å². The summed E-state index contributed by atoms with van der Waals surface area (Å²) in [5, 5.41) is 14.0. The molecule has 6 rings (SSSR count). The maximum atomic E-state index is 9.90. The van der Waals surface area contributed by atoms with Gasteiger partial charge in [0.2, 0.25) is 0 Å². The molecule has 0 aliphatic heterocycles. The van der Waals surface area contributed by atoms with Gasteiger partial charge >= 0.3 is 0 Å². The van der Waals surface area contributed by atoms with Crippen LogP contribution in [0.4, 0.5) is 17.1 Å². The Balaban J connectivity index is 1.41. The first-order valence-electron chi connectivity index (χ1n) is 12.4. The summed E-state index contributed by atoms with van der Waals surface area (Å²) in [5.74, 6) is 0. The zero-order chi connectivity index (χ0) is 25.0. The highest BCUT2D eigenvalue weighted by atomic mass is 15.1. The van der Waals surface area contributed by atoms with Gasteiger partial charge in [0.1, 0.15) is 6.07 Å². The third-order valence-corrected chi connectivity index (χ3v) is 6.71. The van der Waals surface area contributed by atoms with Gasteiger partial charge in [-0.3, -0.25) is 0 Å². The minimum atomic E-state index is 0.731. The van der Waals surface area contributed by atoms with Crippen molar-refractivity contribution in [2.75, 3.05) is 4.90 Å². The highest BCUT2D eigenvalue weighted by Gasteiger charge is 2.13. The molecule has 37 heavy (non-hydrogen) atoms. The number of nitriles is 1. The summed E-state index contributed by atoms with van der Waals surface area (Å²) < 4.78 is 0. The average molecular weight is 473 g/mol. The quantitative estimate of drug-likeness (QED) is 0.184. The summed E-state index contributed by atoms with van der Waals surface area (Å²) in [6.45, 7) is 0. The van der Waals surface area contributed by atoms with Gasteiger partial charge in [0.05, 0.1) is 5.56 Å². The molecular weight excluding hydrogens is 448 g/mol. The maximum Gasteiger partial charge on any atom is 0.100 e. The molecule has 2 nitrogen and oxygen atoms in total. The van der Waals surface area contributed by atoms with E-state index in [0.717, 1.165) is 55.3 Å². The Morgan fingerprint density at radius 1 is 0.459 bits per heavy atom. The van der Waals surface area contributed by atoms with Crippen molar-refractivity contribution in [3.8, 4) is 6.07 Å². The molecule has 6 aromatic rings. The fourth-order valence-corrected chi connectivity index (χ4v) is 4.98. The lowest BCUT2D eigenvalue weighted by atomic mass is 9.92. The van der Waals surface area contributed by atoms with Gasteiger partial charge in [0, 0.05) is 27.8 Å². The van der Waals surface area contributed by atoms with Gasteiger partial charge in [-0.15, -0.1) is 0 Å². The van der Waals surface area contributed by atoms with Gasteiger partial charge in [-0.2, -0.15) is 5.26 Å². The molecule has 0 amide bonds. The molecule has 0 saturated heterocycles. The van der Waals surface area contributed by atoms with Crippen molar-refractivity contribution < 1.29 is 0 Å². The first-order chi connectivity index (χ1) is 18.3. The molecule has 0 heterocycles. The van der Waals surface area contributed by atoms with Crippen LogP contribution >= 0.6 is 0 Å². The fraction of sp³-hybridized carbons (Fsp3) is 0. The van der Waals surface area contributed by atoms with Crippen molar-refractivity contribution >= 4 is 50.8 Å². The molecule has 6 aromatic carbocycles. The van der Waals surface area contributed by atoms with Crippen molar-refractivity contribution in [2.45, 2.75) is 0 Å². The number of anilines is 3. The van der Waals surface area contributed by atoms with Gasteiger partial charge in [-0.25, -0.2) is 0 Å². The van der Waals surface area contributed by atoms with E-state index in [4.69, 9.17) is 0 Å². The van der Waals surface area contributed by atoms with Crippen molar-refractivity contribution in [2.24, 2.45) is 0 Å². The van der Waals surface area contributed by atoms with Crippen LogP contribution < -0.4 is 4.90 Å². The lowest BCUT2D eigenvalue weighted by Crippen LogP contribution is -2.09. The smallest absolute Gasteiger partial charge is 0.100 e. The normalized spacial score (nSPS) is 11.1. The van der Waals surface area contributed by atoms with E-state index in [1.54, 1.807) is 0 Å².